The lowest BCUT2D eigenvalue weighted by atomic mass is 10.2. The highest BCUT2D eigenvalue weighted by atomic mass is 79.9. The van der Waals surface area contributed by atoms with Crippen LogP contribution in [0.2, 0.25) is 0 Å². The highest BCUT2D eigenvalue weighted by molar-refractivity contribution is 9.11. The summed E-state index contributed by atoms with van der Waals surface area (Å²) in [6.07, 6.45) is 1.42. The number of carbonyl (C=O) groups excluding carboxylic acids is 1. The van der Waals surface area contributed by atoms with Crippen molar-refractivity contribution in [3.05, 3.63) is 54.9 Å². The van der Waals surface area contributed by atoms with Gasteiger partial charge < -0.3 is 9.84 Å². The molecule has 8 heteroatoms. The molecule has 5 nitrogen and oxygen atoms in total. The van der Waals surface area contributed by atoms with Crippen LogP contribution >= 0.6 is 47.8 Å². The van der Waals surface area contributed by atoms with E-state index >= 15 is 0 Å². The molecule has 0 radical (unpaired) electrons. The maximum absolute atomic E-state index is 11.7. The summed E-state index contributed by atoms with van der Waals surface area (Å²) in [7, 11) is 0. The predicted molar refractivity (Wildman–Crippen MR) is 104 cm³/mol. The summed E-state index contributed by atoms with van der Waals surface area (Å²) in [6.45, 7) is 1.83. The fourth-order valence-corrected chi connectivity index (χ4v) is 4.02. The molecule has 0 unspecified atom stereocenters. The molecule has 0 aliphatic rings. The van der Waals surface area contributed by atoms with Gasteiger partial charge in [0.2, 0.25) is 0 Å². The average Bonchev–Trinajstić information content (AvgIpc) is 2.55. The minimum atomic E-state index is -0.389. The SMILES string of the molecule is Cc1ccc(OCC(=O)N/N=C\c2c(Br)cc(Br)c(O)c2Br)cc1. The quantitative estimate of drug-likeness (QED) is 0.450. The number of benzene rings is 2. The van der Waals surface area contributed by atoms with E-state index in [-0.39, 0.29) is 18.3 Å². The molecule has 0 saturated heterocycles. The van der Waals surface area contributed by atoms with Gasteiger partial charge in [0.15, 0.2) is 6.61 Å². The molecule has 1 amide bonds. The standard InChI is InChI=1S/C16H13Br3N2O3/c1-9-2-4-10(5-3-9)24-8-14(22)21-20-7-11-12(17)6-13(18)16(23)15(11)19/h2-7,23H,8H2,1H3,(H,21,22)/b20-7-. The van der Waals surface area contributed by atoms with Gasteiger partial charge in [-0.15, -0.1) is 0 Å². The lowest BCUT2D eigenvalue weighted by Gasteiger charge is -2.07. The van der Waals surface area contributed by atoms with Crippen molar-refractivity contribution in [2.24, 2.45) is 5.10 Å². The predicted octanol–water partition coefficient (Wildman–Crippen LogP) is 4.52. The van der Waals surface area contributed by atoms with Crippen molar-refractivity contribution in [3.63, 3.8) is 0 Å². The summed E-state index contributed by atoms with van der Waals surface area (Å²) in [5.41, 5.74) is 4.08. The van der Waals surface area contributed by atoms with Crippen LogP contribution in [0, 0.1) is 6.92 Å². The first-order chi connectivity index (χ1) is 11.4. The second-order valence-corrected chi connectivity index (χ2v) is 7.31. The Kier molecular flexibility index (Phi) is 6.82. The van der Waals surface area contributed by atoms with Crippen LogP contribution in [0.15, 0.2) is 48.9 Å². The number of ether oxygens (including phenoxy) is 1. The van der Waals surface area contributed by atoms with Crippen LogP contribution in [0.25, 0.3) is 0 Å². The number of hydrogen-bond acceptors (Lipinski definition) is 4. The highest BCUT2D eigenvalue weighted by Crippen LogP contribution is 2.38. The molecule has 0 atom stereocenters. The number of amides is 1. The Hall–Kier alpha value is -1.38. The second kappa shape index (κ2) is 8.64. The van der Waals surface area contributed by atoms with Gasteiger partial charge in [0.25, 0.3) is 5.91 Å². The zero-order valence-corrected chi connectivity index (χ0v) is 17.3. The zero-order valence-electron chi connectivity index (χ0n) is 12.5. The van der Waals surface area contributed by atoms with Crippen LogP contribution in [0.1, 0.15) is 11.1 Å². The maximum atomic E-state index is 11.7. The Morgan fingerprint density at radius 1 is 1.25 bits per heavy atom. The van der Waals surface area contributed by atoms with Gasteiger partial charge in [-0.25, -0.2) is 5.43 Å². The molecule has 0 heterocycles. The van der Waals surface area contributed by atoms with Crippen molar-refractivity contribution in [1.29, 1.82) is 0 Å². The fraction of sp³-hybridized carbons (Fsp3) is 0.125. The zero-order chi connectivity index (χ0) is 17.7. The van der Waals surface area contributed by atoms with E-state index in [1.807, 2.05) is 19.1 Å². The molecule has 24 heavy (non-hydrogen) atoms. The van der Waals surface area contributed by atoms with Crippen LogP contribution in [0.5, 0.6) is 11.5 Å². The Labute approximate surface area is 164 Å². The highest BCUT2D eigenvalue weighted by Gasteiger charge is 2.12. The number of hydrogen-bond donors (Lipinski definition) is 2. The third kappa shape index (κ3) is 5.06. The average molecular weight is 521 g/mol. The number of aryl methyl sites for hydroxylation is 1. The van der Waals surface area contributed by atoms with Gasteiger partial charge in [-0.2, -0.15) is 5.10 Å². The second-order valence-electron chi connectivity index (χ2n) is 4.81. The summed E-state index contributed by atoms with van der Waals surface area (Å²) in [5.74, 6) is 0.275. The third-order valence-corrected chi connectivity index (χ3v) is 5.02. The molecule has 2 N–H and O–H groups in total. The first kappa shape index (κ1) is 19.0. The number of phenolic OH excluding ortho intramolecular Hbond substituents is 1. The van der Waals surface area contributed by atoms with Crippen molar-refractivity contribution in [1.82, 2.24) is 5.43 Å². The molecule has 0 aliphatic heterocycles. The van der Waals surface area contributed by atoms with E-state index in [2.05, 4.69) is 58.3 Å². The summed E-state index contributed by atoms with van der Waals surface area (Å²) < 4.78 is 7.05. The van der Waals surface area contributed by atoms with E-state index in [1.165, 1.54) is 6.21 Å². The van der Waals surface area contributed by atoms with Crippen LogP contribution in [-0.4, -0.2) is 23.8 Å². The lowest BCUT2D eigenvalue weighted by Crippen LogP contribution is -2.24. The van der Waals surface area contributed by atoms with Crippen molar-refractivity contribution >= 4 is 59.9 Å². The Bertz CT molecular complexity index is 777. The van der Waals surface area contributed by atoms with Gasteiger partial charge in [0, 0.05) is 10.0 Å². The summed E-state index contributed by atoms with van der Waals surface area (Å²) in [5, 5.41) is 13.7. The smallest absolute Gasteiger partial charge is 0.277 e. The monoisotopic (exact) mass is 518 g/mol. The minimum Gasteiger partial charge on any atom is -0.506 e. The first-order valence-electron chi connectivity index (χ1n) is 6.76. The molecule has 0 aliphatic carbocycles. The van der Waals surface area contributed by atoms with Gasteiger partial charge in [-0.3, -0.25) is 4.79 Å². The Morgan fingerprint density at radius 2 is 1.92 bits per heavy atom. The number of carbonyl (C=O) groups is 1. The molecule has 0 bridgehead atoms. The van der Waals surface area contributed by atoms with Gasteiger partial charge in [-0.1, -0.05) is 33.6 Å². The van der Waals surface area contributed by atoms with E-state index in [9.17, 15) is 9.90 Å². The van der Waals surface area contributed by atoms with Crippen LogP contribution in [0.4, 0.5) is 0 Å². The summed E-state index contributed by atoms with van der Waals surface area (Å²) in [6, 6.07) is 9.08. The van der Waals surface area contributed by atoms with Gasteiger partial charge >= 0.3 is 0 Å². The first-order valence-corrected chi connectivity index (χ1v) is 9.14. The number of phenols is 1. The van der Waals surface area contributed by atoms with Gasteiger partial charge in [0.1, 0.15) is 11.5 Å². The number of nitrogens with one attached hydrogen (secondary N) is 1. The molecular formula is C16H13Br3N2O3. The van der Waals surface area contributed by atoms with Crippen LogP contribution < -0.4 is 10.2 Å². The van der Waals surface area contributed by atoms with Crippen molar-refractivity contribution < 1.29 is 14.6 Å². The largest absolute Gasteiger partial charge is 0.506 e. The number of nitrogens with zero attached hydrogens (tertiary/aromatic N) is 1. The third-order valence-electron chi connectivity index (χ3n) is 2.96. The number of aromatic hydroxyl groups is 1. The number of halogens is 3. The number of rotatable bonds is 5. The Balaban J connectivity index is 1.93. The van der Waals surface area contributed by atoms with Crippen molar-refractivity contribution in [3.8, 4) is 11.5 Å². The van der Waals surface area contributed by atoms with E-state index in [4.69, 9.17) is 4.74 Å². The van der Waals surface area contributed by atoms with Crippen LogP contribution in [0.3, 0.4) is 0 Å². The van der Waals surface area contributed by atoms with Gasteiger partial charge in [0.05, 0.1) is 15.2 Å². The summed E-state index contributed by atoms with van der Waals surface area (Å²) in [4.78, 5) is 11.7. The molecular weight excluding hydrogens is 508 g/mol. The van der Waals surface area contributed by atoms with Gasteiger partial charge in [-0.05, 0) is 57.0 Å². The number of hydrazone groups is 1. The molecule has 2 aromatic rings. The van der Waals surface area contributed by atoms with Crippen molar-refractivity contribution in [2.45, 2.75) is 6.92 Å². The maximum Gasteiger partial charge on any atom is 0.277 e. The van der Waals surface area contributed by atoms with Crippen molar-refractivity contribution in [2.75, 3.05) is 6.61 Å². The Morgan fingerprint density at radius 3 is 2.58 bits per heavy atom. The minimum absolute atomic E-state index is 0.0497. The van der Waals surface area contributed by atoms with E-state index in [0.717, 1.165) is 5.56 Å². The molecule has 126 valence electrons. The molecule has 2 aromatic carbocycles. The van der Waals surface area contributed by atoms with E-state index in [1.54, 1.807) is 18.2 Å². The topological polar surface area (TPSA) is 70.9 Å². The van der Waals surface area contributed by atoms with E-state index in [0.29, 0.717) is 24.7 Å². The van der Waals surface area contributed by atoms with Crippen LogP contribution in [-0.2, 0) is 4.79 Å². The summed E-state index contributed by atoms with van der Waals surface area (Å²) >= 11 is 9.87. The van der Waals surface area contributed by atoms with E-state index < -0.39 is 0 Å². The molecule has 0 aromatic heterocycles. The fourth-order valence-electron chi connectivity index (χ4n) is 1.70. The normalized spacial score (nSPS) is 10.8. The molecule has 2 rings (SSSR count). The molecule has 0 spiro atoms. The molecule has 0 saturated carbocycles. The molecule has 0 fully saturated rings. The lowest BCUT2D eigenvalue weighted by molar-refractivity contribution is -0.123.